The first-order valence-electron chi connectivity index (χ1n) is 9.47. The van der Waals surface area contributed by atoms with E-state index in [1.807, 2.05) is 19.1 Å². The van der Waals surface area contributed by atoms with Crippen molar-refractivity contribution in [1.82, 2.24) is 0 Å². The van der Waals surface area contributed by atoms with Gasteiger partial charge in [0, 0.05) is 18.3 Å². The van der Waals surface area contributed by atoms with Crippen LogP contribution in [-0.2, 0) is 9.59 Å². The average Bonchev–Trinajstić information content (AvgIpc) is 2.58. The Morgan fingerprint density at radius 2 is 1.58 bits per heavy atom. The molecular formula is C22H34O2. The Balaban J connectivity index is 2.75. The van der Waals surface area contributed by atoms with Crippen molar-refractivity contribution < 1.29 is 9.59 Å². The predicted octanol–water partition coefficient (Wildman–Crippen LogP) is 5.90. The first-order chi connectivity index (χ1) is 11.4. The Kier molecular flexibility index (Phi) is 8.95. The summed E-state index contributed by atoms with van der Waals surface area (Å²) in [6.07, 6.45) is 5.54. The fourth-order valence-corrected chi connectivity index (χ4v) is 3.09. The summed E-state index contributed by atoms with van der Waals surface area (Å²) in [5.74, 6) is 1.13. The van der Waals surface area contributed by atoms with E-state index in [0.717, 1.165) is 30.6 Å². The van der Waals surface area contributed by atoms with Crippen molar-refractivity contribution in [2.75, 3.05) is 0 Å². The molecule has 0 spiro atoms. The van der Waals surface area contributed by atoms with Gasteiger partial charge in [0.15, 0.2) is 0 Å². The molecule has 0 amide bonds. The Bertz CT molecular complexity index is 501. The topological polar surface area (TPSA) is 34.1 Å². The third-order valence-corrected chi connectivity index (χ3v) is 5.20. The first-order valence-corrected chi connectivity index (χ1v) is 9.47. The molecule has 3 unspecified atom stereocenters. The molecule has 0 N–H and O–H groups in total. The van der Waals surface area contributed by atoms with E-state index in [0.29, 0.717) is 5.92 Å². The van der Waals surface area contributed by atoms with Gasteiger partial charge in [0.1, 0.15) is 12.1 Å². The van der Waals surface area contributed by atoms with Gasteiger partial charge >= 0.3 is 0 Å². The highest BCUT2D eigenvalue weighted by Crippen LogP contribution is 2.27. The van der Waals surface area contributed by atoms with Gasteiger partial charge in [-0.1, -0.05) is 78.1 Å². The number of aldehydes is 1. The highest BCUT2D eigenvalue weighted by atomic mass is 16.1. The number of ketones is 1. The van der Waals surface area contributed by atoms with Gasteiger partial charge in [-0.15, -0.1) is 0 Å². The fraction of sp³-hybridized carbons (Fsp3) is 0.636. The van der Waals surface area contributed by atoms with Crippen LogP contribution in [0, 0.1) is 11.8 Å². The fourth-order valence-electron chi connectivity index (χ4n) is 3.09. The number of carbonyl (C=O) groups is 2. The summed E-state index contributed by atoms with van der Waals surface area (Å²) in [7, 11) is 0. The molecule has 0 aliphatic heterocycles. The van der Waals surface area contributed by atoms with Gasteiger partial charge in [0.2, 0.25) is 0 Å². The molecular weight excluding hydrogens is 296 g/mol. The van der Waals surface area contributed by atoms with E-state index in [1.165, 1.54) is 18.4 Å². The van der Waals surface area contributed by atoms with Crippen LogP contribution in [0.1, 0.15) is 89.7 Å². The molecule has 0 aliphatic rings. The van der Waals surface area contributed by atoms with Crippen molar-refractivity contribution in [2.45, 2.75) is 78.6 Å². The van der Waals surface area contributed by atoms with E-state index in [9.17, 15) is 9.59 Å². The van der Waals surface area contributed by atoms with Crippen molar-refractivity contribution in [1.29, 1.82) is 0 Å². The molecule has 0 aliphatic carbocycles. The predicted molar refractivity (Wildman–Crippen MR) is 101 cm³/mol. The van der Waals surface area contributed by atoms with Crippen LogP contribution in [-0.4, -0.2) is 12.1 Å². The lowest BCUT2D eigenvalue weighted by molar-refractivity contribution is -0.125. The summed E-state index contributed by atoms with van der Waals surface area (Å²) in [6, 6.07) is 8.21. The van der Waals surface area contributed by atoms with Crippen LogP contribution in [0.5, 0.6) is 0 Å². The minimum atomic E-state index is -0.290. The molecule has 1 aromatic rings. The summed E-state index contributed by atoms with van der Waals surface area (Å²) in [5.41, 5.74) is 2.24. The van der Waals surface area contributed by atoms with Gasteiger partial charge in [-0.2, -0.15) is 0 Å². The molecule has 0 saturated heterocycles. The maximum absolute atomic E-state index is 12.8. The van der Waals surface area contributed by atoms with Crippen LogP contribution in [0.4, 0.5) is 0 Å². The van der Waals surface area contributed by atoms with Crippen LogP contribution in [0.25, 0.3) is 0 Å². The standard InChI is InChI=1S/C22H34O2/c1-6-17(4)8-7-9-18(5)22(24)21(14-15-23)20-12-10-19(11-13-20)16(2)3/h10-13,15-18,21H,6-9,14H2,1-5H3. The van der Waals surface area contributed by atoms with Crippen molar-refractivity contribution >= 4 is 12.1 Å². The second kappa shape index (κ2) is 10.4. The Labute approximate surface area is 148 Å². The molecule has 0 heterocycles. The van der Waals surface area contributed by atoms with E-state index >= 15 is 0 Å². The van der Waals surface area contributed by atoms with E-state index in [2.05, 4.69) is 39.8 Å². The van der Waals surface area contributed by atoms with Crippen LogP contribution in [0.15, 0.2) is 24.3 Å². The van der Waals surface area contributed by atoms with Crippen LogP contribution in [0.2, 0.25) is 0 Å². The molecule has 2 nitrogen and oxygen atoms in total. The monoisotopic (exact) mass is 330 g/mol. The van der Waals surface area contributed by atoms with Gasteiger partial charge in [-0.25, -0.2) is 0 Å². The lowest BCUT2D eigenvalue weighted by Gasteiger charge is -2.20. The molecule has 24 heavy (non-hydrogen) atoms. The zero-order valence-corrected chi connectivity index (χ0v) is 16.0. The molecule has 3 atom stereocenters. The van der Waals surface area contributed by atoms with Gasteiger partial charge in [-0.05, 0) is 29.4 Å². The van der Waals surface area contributed by atoms with Crippen LogP contribution < -0.4 is 0 Å². The summed E-state index contributed by atoms with van der Waals surface area (Å²) in [4.78, 5) is 23.9. The number of hydrogen-bond acceptors (Lipinski definition) is 2. The zero-order chi connectivity index (χ0) is 18.1. The molecule has 2 heteroatoms. The normalized spacial score (nSPS) is 15.1. The van der Waals surface area contributed by atoms with Crippen molar-refractivity contribution in [3.05, 3.63) is 35.4 Å². The minimum Gasteiger partial charge on any atom is -0.303 e. The Hall–Kier alpha value is -1.44. The van der Waals surface area contributed by atoms with Crippen LogP contribution >= 0.6 is 0 Å². The van der Waals surface area contributed by atoms with Gasteiger partial charge in [0.25, 0.3) is 0 Å². The largest absolute Gasteiger partial charge is 0.303 e. The minimum absolute atomic E-state index is 0.0174. The van der Waals surface area contributed by atoms with Gasteiger partial charge in [-0.3, -0.25) is 4.79 Å². The lowest BCUT2D eigenvalue weighted by atomic mass is 9.83. The molecule has 0 bridgehead atoms. The van der Waals surface area contributed by atoms with Crippen LogP contribution in [0.3, 0.4) is 0 Å². The zero-order valence-electron chi connectivity index (χ0n) is 16.0. The van der Waals surface area contributed by atoms with Gasteiger partial charge < -0.3 is 4.79 Å². The lowest BCUT2D eigenvalue weighted by Crippen LogP contribution is -2.21. The summed E-state index contributed by atoms with van der Waals surface area (Å²) in [6.45, 7) is 10.8. The third-order valence-electron chi connectivity index (χ3n) is 5.20. The van der Waals surface area contributed by atoms with Crippen molar-refractivity contribution in [3.63, 3.8) is 0 Å². The maximum Gasteiger partial charge on any atom is 0.143 e. The molecule has 0 aromatic heterocycles. The maximum atomic E-state index is 12.8. The number of benzene rings is 1. The van der Waals surface area contributed by atoms with E-state index in [-0.39, 0.29) is 24.0 Å². The molecule has 1 aromatic carbocycles. The molecule has 1 rings (SSSR count). The number of hydrogen-bond donors (Lipinski definition) is 0. The highest BCUT2D eigenvalue weighted by molar-refractivity contribution is 5.89. The van der Waals surface area contributed by atoms with Gasteiger partial charge in [0.05, 0.1) is 0 Å². The summed E-state index contributed by atoms with van der Waals surface area (Å²) in [5, 5.41) is 0. The molecule has 0 radical (unpaired) electrons. The second-order valence-electron chi connectivity index (χ2n) is 7.52. The Morgan fingerprint density at radius 3 is 2.08 bits per heavy atom. The number of carbonyl (C=O) groups excluding carboxylic acids is 2. The number of rotatable bonds is 11. The SMILES string of the molecule is CCC(C)CCCC(C)C(=O)C(CC=O)c1ccc(C(C)C)cc1. The smallest absolute Gasteiger partial charge is 0.143 e. The van der Waals surface area contributed by atoms with E-state index in [4.69, 9.17) is 0 Å². The highest BCUT2D eigenvalue weighted by Gasteiger charge is 2.25. The Morgan fingerprint density at radius 1 is 1.00 bits per heavy atom. The summed E-state index contributed by atoms with van der Waals surface area (Å²) < 4.78 is 0. The summed E-state index contributed by atoms with van der Waals surface area (Å²) >= 11 is 0. The average molecular weight is 331 g/mol. The van der Waals surface area contributed by atoms with E-state index < -0.39 is 0 Å². The molecule has 0 fully saturated rings. The number of Topliss-reactive ketones (excluding diaryl/α,β-unsaturated/α-hetero) is 1. The quantitative estimate of drug-likeness (QED) is 0.473. The van der Waals surface area contributed by atoms with E-state index in [1.54, 1.807) is 0 Å². The second-order valence-corrected chi connectivity index (χ2v) is 7.52. The molecule has 134 valence electrons. The molecule has 0 saturated carbocycles. The first kappa shape index (κ1) is 20.6. The third kappa shape index (κ3) is 6.22. The van der Waals surface area contributed by atoms with Crippen molar-refractivity contribution in [2.24, 2.45) is 11.8 Å². The van der Waals surface area contributed by atoms with Crippen molar-refractivity contribution in [3.8, 4) is 0 Å².